The zero-order valence-corrected chi connectivity index (χ0v) is 23.6. The Morgan fingerprint density at radius 2 is 1.59 bits per heavy atom. The molecule has 0 aliphatic carbocycles. The molecule has 1 rings (SSSR count). The van der Waals surface area contributed by atoms with Crippen molar-refractivity contribution in [3.63, 3.8) is 0 Å². The predicted octanol–water partition coefficient (Wildman–Crippen LogP) is 4.35. The van der Waals surface area contributed by atoms with E-state index in [1.165, 1.54) is 12.0 Å². The van der Waals surface area contributed by atoms with E-state index in [0.29, 0.717) is 18.5 Å². The molecule has 0 aliphatic rings. The van der Waals surface area contributed by atoms with Gasteiger partial charge in [0.2, 0.25) is 11.8 Å². The Bertz CT molecular complexity index is 910. The van der Waals surface area contributed by atoms with Crippen LogP contribution in [0.1, 0.15) is 89.0 Å². The van der Waals surface area contributed by atoms with Gasteiger partial charge in [0, 0.05) is 6.54 Å². The van der Waals surface area contributed by atoms with Crippen molar-refractivity contribution in [3.8, 4) is 0 Å². The van der Waals surface area contributed by atoms with Crippen molar-refractivity contribution in [2.24, 2.45) is 0 Å². The molecule has 0 saturated carbocycles. The number of nitrogens with one attached hydrogen (secondary N) is 2. The summed E-state index contributed by atoms with van der Waals surface area (Å²) in [6.07, 6.45) is 5.35. The van der Waals surface area contributed by atoms with Crippen LogP contribution < -0.4 is 10.6 Å². The molecule has 3 amide bonds. The lowest BCUT2D eigenvalue weighted by Gasteiger charge is -2.32. The average Bonchev–Trinajstić information content (AvgIpc) is 2.82. The lowest BCUT2D eigenvalue weighted by atomic mass is 9.96. The van der Waals surface area contributed by atoms with Gasteiger partial charge in [0.25, 0.3) is 0 Å². The minimum absolute atomic E-state index is 0.314. The molecule has 2 N–H and O–H groups in total. The van der Waals surface area contributed by atoms with Crippen LogP contribution in [0.15, 0.2) is 18.2 Å². The summed E-state index contributed by atoms with van der Waals surface area (Å²) in [7, 11) is 1.24. The first-order valence-electron chi connectivity index (χ1n) is 13.1. The summed E-state index contributed by atoms with van der Waals surface area (Å²) in [4.78, 5) is 52.3. The normalized spacial score (nSPS) is 11.9. The number of esters is 1. The van der Waals surface area contributed by atoms with E-state index >= 15 is 0 Å². The number of carbonyl (C=O) groups excluding carboxylic acids is 4. The average molecular weight is 520 g/mol. The molecule has 208 valence electrons. The van der Waals surface area contributed by atoms with E-state index in [0.717, 1.165) is 43.2 Å². The predicted molar refractivity (Wildman–Crippen MR) is 143 cm³/mol. The molecule has 9 nitrogen and oxygen atoms in total. The lowest BCUT2D eigenvalue weighted by molar-refractivity contribution is -0.143. The summed E-state index contributed by atoms with van der Waals surface area (Å²) in [5.41, 5.74) is 1.82. The van der Waals surface area contributed by atoms with Crippen LogP contribution in [-0.4, -0.2) is 61.1 Å². The summed E-state index contributed by atoms with van der Waals surface area (Å²) >= 11 is 0. The van der Waals surface area contributed by atoms with Crippen molar-refractivity contribution in [2.45, 2.75) is 91.7 Å². The minimum atomic E-state index is -0.978. The van der Waals surface area contributed by atoms with Gasteiger partial charge in [-0.1, -0.05) is 62.8 Å². The third-order valence-electron chi connectivity index (χ3n) is 5.77. The van der Waals surface area contributed by atoms with E-state index in [1.54, 1.807) is 20.8 Å². The number of methoxy groups -OCH3 is 1. The van der Waals surface area contributed by atoms with Gasteiger partial charge in [-0.15, -0.1) is 0 Å². The lowest BCUT2D eigenvalue weighted by Crippen LogP contribution is -2.49. The Labute approximate surface area is 221 Å². The molecule has 1 aromatic carbocycles. The van der Waals surface area contributed by atoms with Crippen molar-refractivity contribution >= 4 is 23.9 Å². The van der Waals surface area contributed by atoms with Crippen LogP contribution in [0.2, 0.25) is 0 Å². The Morgan fingerprint density at radius 1 is 0.946 bits per heavy atom. The zero-order chi connectivity index (χ0) is 28.0. The first-order chi connectivity index (χ1) is 17.4. The quantitative estimate of drug-likeness (QED) is 0.279. The number of hydrogen-bond donors (Lipinski definition) is 2. The van der Waals surface area contributed by atoms with Crippen LogP contribution in [0.4, 0.5) is 4.79 Å². The molecule has 0 saturated heterocycles. The summed E-state index contributed by atoms with van der Waals surface area (Å²) in [5, 5.41) is 5.11. The molecule has 0 bridgehead atoms. The molecular formula is C28H45N3O6. The van der Waals surface area contributed by atoms with Crippen molar-refractivity contribution in [1.29, 1.82) is 0 Å². The molecule has 1 atom stereocenters. The Hall–Kier alpha value is -3.10. The van der Waals surface area contributed by atoms with E-state index in [4.69, 9.17) is 4.74 Å². The van der Waals surface area contributed by atoms with Gasteiger partial charge in [-0.2, -0.15) is 0 Å². The highest BCUT2D eigenvalue weighted by molar-refractivity contribution is 5.92. The highest BCUT2D eigenvalue weighted by Gasteiger charge is 2.33. The second-order valence-electron chi connectivity index (χ2n) is 10.3. The fourth-order valence-corrected chi connectivity index (χ4v) is 3.93. The van der Waals surface area contributed by atoms with Gasteiger partial charge in [0.1, 0.15) is 24.7 Å². The van der Waals surface area contributed by atoms with Crippen LogP contribution >= 0.6 is 0 Å². The topological polar surface area (TPSA) is 114 Å². The highest BCUT2D eigenvalue weighted by Crippen LogP contribution is 2.26. The maximum atomic E-state index is 13.5. The van der Waals surface area contributed by atoms with Crippen molar-refractivity contribution in [1.82, 2.24) is 15.5 Å². The SMILES string of the molecule is CCCCCCCCN(C(=O)CNC(=O)OC(C)(C)C)C(C(=O)NCC(=O)OC)c1ccc(C)cc1C. The standard InChI is InChI=1S/C28H45N3O6/c1-8-9-10-11-12-13-16-31(23(32)18-30-27(35)37-28(4,5)6)25(26(34)29-19-24(33)36-7)22-15-14-20(2)17-21(22)3/h14-15,17,25H,8-13,16,18-19H2,1-7H3,(H,29,34)(H,30,35). The number of carbonyl (C=O) groups is 4. The molecule has 0 aromatic heterocycles. The van der Waals surface area contributed by atoms with E-state index in [2.05, 4.69) is 22.3 Å². The molecule has 9 heteroatoms. The molecule has 0 heterocycles. The van der Waals surface area contributed by atoms with E-state index in [-0.39, 0.29) is 13.1 Å². The summed E-state index contributed by atoms with van der Waals surface area (Å²) in [5.74, 6) is -1.50. The fourth-order valence-electron chi connectivity index (χ4n) is 3.93. The van der Waals surface area contributed by atoms with Crippen LogP contribution in [0.5, 0.6) is 0 Å². The molecule has 1 unspecified atom stereocenters. The van der Waals surface area contributed by atoms with Gasteiger partial charge in [-0.3, -0.25) is 14.4 Å². The van der Waals surface area contributed by atoms with Gasteiger partial charge in [-0.25, -0.2) is 4.79 Å². The smallest absolute Gasteiger partial charge is 0.408 e. The van der Waals surface area contributed by atoms with Crippen LogP contribution in [0.3, 0.4) is 0 Å². The summed E-state index contributed by atoms with van der Waals surface area (Å²) < 4.78 is 9.91. The van der Waals surface area contributed by atoms with E-state index < -0.39 is 35.5 Å². The number of aryl methyl sites for hydroxylation is 2. The molecule has 0 radical (unpaired) electrons. The van der Waals surface area contributed by atoms with Crippen LogP contribution in [0, 0.1) is 13.8 Å². The molecule has 37 heavy (non-hydrogen) atoms. The number of unbranched alkanes of at least 4 members (excludes halogenated alkanes) is 5. The van der Waals surface area contributed by atoms with Gasteiger partial charge >= 0.3 is 12.1 Å². The van der Waals surface area contributed by atoms with Gasteiger partial charge in [0.15, 0.2) is 0 Å². The number of nitrogens with zero attached hydrogens (tertiary/aromatic N) is 1. The number of ether oxygens (including phenoxy) is 2. The highest BCUT2D eigenvalue weighted by atomic mass is 16.6. The second kappa shape index (κ2) is 15.9. The molecule has 0 fully saturated rings. The maximum Gasteiger partial charge on any atom is 0.408 e. The Balaban J connectivity index is 3.23. The Morgan fingerprint density at radius 3 is 2.19 bits per heavy atom. The molecule has 1 aromatic rings. The second-order valence-corrected chi connectivity index (χ2v) is 10.3. The molecule has 0 spiro atoms. The largest absolute Gasteiger partial charge is 0.468 e. The third-order valence-corrected chi connectivity index (χ3v) is 5.77. The number of hydrogen-bond acceptors (Lipinski definition) is 6. The van der Waals surface area contributed by atoms with E-state index in [1.807, 2.05) is 32.0 Å². The van der Waals surface area contributed by atoms with Gasteiger partial charge in [0.05, 0.1) is 7.11 Å². The summed E-state index contributed by atoms with van der Waals surface area (Å²) in [6, 6.07) is 4.68. The van der Waals surface area contributed by atoms with Crippen molar-refractivity contribution in [3.05, 3.63) is 34.9 Å². The van der Waals surface area contributed by atoms with Crippen LogP contribution in [-0.2, 0) is 23.9 Å². The maximum absolute atomic E-state index is 13.5. The van der Waals surface area contributed by atoms with Gasteiger partial charge in [-0.05, 0) is 52.2 Å². The van der Waals surface area contributed by atoms with Crippen molar-refractivity contribution in [2.75, 3.05) is 26.7 Å². The summed E-state index contributed by atoms with van der Waals surface area (Å²) in [6.45, 7) is 10.9. The first kappa shape index (κ1) is 31.9. The molecular weight excluding hydrogens is 474 g/mol. The van der Waals surface area contributed by atoms with E-state index in [9.17, 15) is 19.2 Å². The Kier molecular flexibility index (Phi) is 13.7. The number of alkyl carbamates (subject to hydrolysis) is 1. The number of benzene rings is 1. The first-order valence-corrected chi connectivity index (χ1v) is 13.1. The third kappa shape index (κ3) is 12.1. The number of rotatable bonds is 14. The van der Waals surface area contributed by atoms with Crippen LogP contribution in [0.25, 0.3) is 0 Å². The van der Waals surface area contributed by atoms with Crippen molar-refractivity contribution < 1.29 is 28.7 Å². The zero-order valence-electron chi connectivity index (χ0n) is 23.6. The fraction of sp³-hybridized carbons (Fsp3) is 0.643. The van der Waals surface area contributed by atoms with Gasteiger partial charge < -0.3 is 25.0 Å². The number of amides is 3. The monoisotopic (exact) mass is 519 g/mol. The molecule has 0 aliphatic heterocycles. The minimum Gasteiger partial charge on any atom is -0.468 e.